The normalized spacial score (nSPS) is 15.0. The maximum absolute atomic E-state index is 10.6. The molecule has 0 atom stereocenters. The molecule has 0 bridgehead atoms. The van der Waals surface area contributed by atoms with Gasteiger partial charge >= 0.3 is 0 Å². The lowest BCUT2D eigenvalue weighted by Gasteiger charge is -2.24. The van der Waals surface area contributed by atoms with Crippen LogP contribution in [0.25, 0.3) is 0 Å². The summed E-state index contributed by atoms with van der Waals surface area (Å²) in [6.45, 7) is 3.90. The van der Waals surface area contributed by atoms with Gasteiger partial charge in [0.2, 0.25) is 10.9 Å². The van der Waals surface area contributed by atoms with Gasteiger partial charge in [-0.2, -0.15) is 0 Å². The van der Waals surface area contributed by atoms with Gasteiger partial charge in [0.25, 0.3) is 0 Å². The third kappa shape index (κ3) is 2.76. The summed E-state index contributed by atoms with van der Waals surface area (Å²) in [7, 11) is -2.65. The maximum atomic E-state index is 10.6. The summed E-state index contributed by atoms with van der Waals surface area (Å²) < 4.78 is 23.6. The van der Waals surface area contributed by atoms with E-state index in [0.717, 1.165) is 11.4 Å². The van der Waals surface area contributed by atoms with Gasteiger partial charge in [0.05, 0.1) is 5.70 Å². The van der Waals surface area contributed by atoms with Crippen LogP contribution in [0.3, 0.4) is 0 Å². The molecule has 0 saturated heterocycles. The van der Waals surface area contributed by atoms with Crippen molar-refractivity contribution in [2.24, 2.45) is 0 Å². The van der Waals surface area contributed by atoms with Gasteiger partial charge < -0.3 is 4.90 Å². The first kappa shape index (κ1) is 11.5. The molecule has 5 heteroatoms. The van der Waals surface area contributed by atoms with Gasteiger partial charge in [0, 0.05) is 17.6 Å². The van der Waals surface area contributed by atoms with Gasteiger partial charge in [-0.1, -0.05) is 24.8 Å². The van der Waals surface area contributed by atoms with E-state index in [1.165, 1.54) is 0 Å². The van der Waals surface area contributed by atoms with Crippen LogP contribution < -0.4 is 9.62 Å². The molecule has 4 nitrogen and oxygen atoms in total. The van der Waals surface area contributed by atoms with E-state index < -0.39 is 10.9 Å². The summed E-state index contributed by atoms with van der Waals surface area (Å²) in [5.41, 5.74) is 2.22. The van der Waals surface area contributed by atoms with E-state index >= 15 is 0 Å². The van der Waals surface area contributed by atoms with Crippen molar-refractivity contribution < 1.29 is 8.42 Å². The molecular weight excluding hydrogens is 236 g/mol. The van der Waals surface area contributed by atoms with Crippen molar-refractivity contribution in [3.63, 3.8) is 0 Å². The van der Waals surface area contributed by atoms with Crippen LogP contribution in [0.1, 0.15) is 0 Å². The van der Waals surface area contributed by atoms with E-state index in [0.29, 0.717) is 5.70 Å². The van der Waals surface area contributed by atoms with Gasteiger partial charge in [0.15, 0.2) is 0 Å². The lowest BCUT2D eigenvalue weighted by Crippen LogP contribution is -2.21. The molecule has 1 aromatic rings. The molecule has 0 fully saturated rings. The molecule has 17 heavy (non-hydrogen) atoms. The molecule has 2 rings (SSSR count). The average molecular weight is 248 g/mol. The molecule has 1 heterocycles. The number of benzene rings is 1. The van der Waals surface area contributed by atoms with Gasteiger partial charge in [-0.15, -0.1) is 0 Å². The second-order valence-electron chi connectivity index (χ2n) is 3.48. The van der Waals surface area contributed by atoms with Crippen molar-refractivity contribution in [1.29, 1.82) is 0 Å². The third-order valence-electron chi connectivity index (χ3n) is 2.29. The number of allylic oxidation sites excluding steroid dienone is 2. The monoisotopic (exact) mass is 248 g/mol. The smallest absolute Gasteiger partial charge is 0.222 e. The number of hydrogen-bond donors (Lipinski definition) is 2. The fraction of sp³-hybridized carbons (Fsp3) is 0. The predicted octanol–water partition coefficient (Wildman–Crippen LogP) is 1.53. The largest absolute Gasteiger partial charge is 0.316 e. The van der Waals surface area contributed by atoms with Crippen molar-refractivity contribution >= 4 is 16.6 Å². The van der Waals surface area contributed by atoms with Gasteiger partial charge in [-0.25, -0.2) is 8.42 Å². The Morgan fingerprint density at radius 3 is 2.47 bits per heavy atom. The van der Waals surface area contributed by atoms with Crippen LogP contribution in [0, 0.1) is 0 Å². The van der Waals surface area contributed by atoms with Crippen LogP contribution in [-0.2, 0) is 10.9 Å². The molecule has 0 aliphatic carbocycles. The number of nitrogens with one attached hydrogen (secondary N) is 1. The molecule has 0 radical (unpaired) electrons. The van der Waals surface area contributed by atoms with E-state index in [2.05, 4.69) is 11.3 Å². The van der Waals surface area contributed by atoms with Crippen molar-refractivity contribution in [3.05, 3.63) is 66.7 Å². The van der Waals surface area contributed by atoms with Gasteiger partial charge in [-0.05, 0) is 24.3 Å². The number of para-hydroxylation sites is 1. The van der Waals surface area contributed by atoms with Crippen LogP contribution in [0.15, 0.2) is 66.7 Å². The minimum Gasteiger partial charge on any atom is -0.316 e. The number of hydrogen-bond acceptors (Lipinski definition) is 3. The molecular formula is C12H12N2O2S. The first-order chi connectivity index (χ1) is 8.16. The van der Waals surface area contributed by atoms with E-state index in [1.54, 1.807) is 18.4 Å². The molecule has 1 aliphatic heterocycles. The molecule has 0 amide bonds. The zero-order valence-electron chi connectivity index (χ0n) is 9.04. The zero-order chi connectivity index (χ0) is 12.3. The molecule has 0 aromatic heterocycles. The summed E-state index contributed by atoms with van der Waals surface area (Å²) in [6, 6.07) is 9.60. The molecule has 1 N–H and O–H groups in total. The molecule has 88 valence electrons. The lowest BCUT2D eigenvalue weighted by molar-refractivity contribution is 0.608. The number of thiol groups is 1. The second kappa shape index (κ2) is 4.88. The summed E-state index contributed by atoms with van der Waals surface area (Å²) in [6.07, 6.45) is 5.13. The molecule has 0 spiro atoms. The Bertz CT molecular complexity index is 551. The first-order valence-corrected chi connectivity index (χ1v) is 6.19. The molecule has 0 unspecified atom stereocenters. The zero-order valence-corrected chi connectivity index (χ0v) is 9.93. The summed E-state index contributed by atoms with van der Waals surface area (Å²) in [5, 5.41) is 0. The van der Waals surface area contributed by atoms with Crippen LogP contribution >= 0.6 is 0 Å². The Balaban J connectivity index is 2.31. The Morgan fingerprint density at radius 2 is 1.82 bits per heavy atom. The Kier molecular flexibility index (Phi) is 3.30. The van der Waals surface area contributed by atoms with E-state index in [4.69, 9.17) is 0 Å². The summed E-state index contributed by atoms with van der Waals surface area (Å²) in [5.74, 6) is 0. The van der Waals surface area contributed by atoms with Crippen molar-refractivity contribution in [3.8, 4) is 0 Å². The average Bonchev–Trinajstić information content (AvgIpc) is 2.32. The predicted molar refractivity (Wildman–Crippen MR) is 68.7 cm³/mol. The fourth-order valence-electron chi connectivity index (χ4n) is 1.53. The minimum atomic E-state index is -2.65. The van der Waals surface area contributed by atoms with Crippen LogP contribution in [0.2, 0.25) is 0 Å². The lowest BCUT2D eigenvalue weighted by atomic mass is 10.2. The van der Waals surface area contributed by atoms with E-state index in [9.17, 15) is 8.42 Å². The Labute approximate surface area is 102 Å². The standard InChI is InChI=1S/C12H12N2O2S/c1-10-7-8-11(13-17(15)16)9-14(10)12-5-3-2-4-6-12/h2-9,17H,1H2,(H,13,15,16). The number of anilines is 1. The Hall–Kier alpha value is -2.01. The molecule has 0 saturated carbocycles. The topological polar surface area (TPSA) is 49.4 Å². The highest BCUT2D eigenvalue weighted by atomic mass is 32.2. The molecule has 1 aromatic carbocycles. The van der Waals surface area contributed by atoms with Crippen LogP contribution in [-0.4, -0.2) is 8.42 Å². The van der Waals surface area contributed by atoms with E-state index in [-0.39, 0.29) is 0 Å². The fourth-order valence-corrected chi connectivity index (χ4v) is 1.87. The van der Waals surface area contributed by atoms with Gasteiger partial charge in [0.1, 0.15) is 0 Å². The third-order valence-corrected chi connectivity index (χ3v) is 2.73. The second-order valence-corrected chi connectivity index (χ2v) is 4.22. The maximum Gasteiger partial charge on any atom is 0.222 e. The summed E-state index contributed by atoms with van der Waals surface area (Å²) >= 11 is 0. The number of rotatable bonds is 3. The summed E-state index contributed by atoms with van der Waals surface area (Å²) in [4.78, 5) is 1.82. The van der Waals surface area contributed by atoms with Crippen molar-refractivity contribution in [2.45, 2.75) is 0 Å². The van der Waals surface area contributed by atoms with E-state index in [1.807, 2.05) is 35.2 Å². The minimum absolute atomic E-state index is 0.511. The Morgan fingerprint density at radius 1 is 1.12 bits per heavy atom. The SMILES string of the molecule is C=C1C=CC(N[SH](=O)=O)=CN1c1ccccc1. The molecule has 1 aliphatic rings. The quantitative estimate of drug-likeness (QED) is 0.798. The van der Waals surface area contributed by atoms with Crippen LogP contribution in [0.5, 0.6) is 0 Å². The highest BCUT2D eigenvalue weighted by Crippen LogP contribution is 2.23. The first-order valence-electron chi connectivity index (χ1n) is 5.01. The van der Waals surface area contributed by atoms with Crippen LogP contribution in [0.4, 0.5) is 5.69 Å². The van der Waals surface area contributed by atoms with Crippen molar-refractivity contribution in [2.75, 3.05) is 4.90 Å². The number of nitrogens with zero attached hydrogens (tertiary/aromatic N) is 1. The van der Waals surface area contributed by atoms with Crippen molar-refractivity contribution in [1.82, 2.24) is 4.72 Å². The highest BCUT2D eigenvalue weighted by Gasteiger charge is 2.10. The highest BCUT2D eigenvalue weighted by molar-refractivity contribution is 7.70. The van der Waals surface area contributed by atoms with Gasteiger partial charge in [-0.3, -0.25) is 4.72 Å².